The van der Waals surface area contributed by atoms with E-state index in [-0.39, 0.29) is 18.3 Å². The summed E-state index contributed by atoms with van der Waals surface area (Å²) in [6.45, 7) is 0.123. The van der Waals surface area contributed by atoms with Crippen LogP contribution in [0.4, 0.5) is 0 Å². The fraction of sp³-hybridized carbons (Fsp3) is 0.400. The molecule has 0 atom stereocenters. The van der Waals surface area contributed by atoms with E-state index >= 15 is 0 Å². The lowest BCUT2D eigenvalue weighted by Gasteiger charge is -2.10. The number of carboxylic acids is 1. The molecular weight excluding hydrogens is 196 g/mol. The lowest BCUT2D eigenvalue weighted by Crippen LogP contribution is -2.12. The zero-order chi connectivity index (χ0) is 10.8. The van der Waals surface area contributed by atoms with Gasteiger partial charge >= 0.3 is 5.97 Å². The Morgan fingerprint density at radius 2 is 2.40 bits per heavy atom. The molecule has 0 radical (unpaired) electrons. The van der Waals surface area contributed by atoms with Gasteiger partial charge in [0.15, 0.2) is 5.69 Å². The second-order valence-electron chi connectivity index (χ2n) is 3.46. The third kappa shape index (κ3) is 2.07. The van der Waals surface area contributed by atoms with Crippen molar-refractivity contribution in [2.75, 3.05) is 0 Å². The summed E-state index contributed by atoms with van der Waals surface area (Å²) in [7, 11) is 0. The minimum Gasteiger partial charge on any atom is -0.490 e. The first-order valence-electron chi connectivity index (χ1n) is 4.80. The highest BCUT2D eigenvalue weighted by Crippen LogP contribution is 2.29. The molecule has 1 fully saturated rings. The van der Waals surface area contributed by atoms with Gasteiger partial charge in [-0.1, -0.05) is 0 Å². The van der Waals surface area contributed by atoms with Crippen LogP contribution in [0.3, 0.4) is 0 Å². The van der Waals surface area contributed by atoms with Crippen LogP contribution in [0.5, 0.6) is 5.75 Å². The van der Waals surface area contributed by atoms with Gasteiger partial charge in [0.2, 0.25) is 0 Å². The van der Waals surface area contributed by atoms with E-state index in [0.29, 0.717) is 11.3 Å². The maximum Gasteiger partial charge on any atom is 0.354 e. The lowest BCUT2D eigenvalue weighted by molar-refractivity contribution is 0.0688. The van der Waals surface area contributed by atoms with Crippen LogP contribution < -0.4 is 10.5 Å². The van der Waals surface area contributed by atoms with Crippen LogP contribution in [0, 0.1) is 0 Å². The summed E-state index contributed by atoms with van der Waals surface area (Å²) in [6.07, 6.45) is 3.70. The number of pyridine rings is 1. The molecule has 1 saturated carbocycles. The molecule has 2 rings (SSSR count). The third-order valence-corrected chi connectivity index (χ3v) is 2.24. The molecule has 1 aliphatic rings. The van der Waals surface area contributed by atoms with Gasteiger partial charge in [0, 0.05) is 18.3 Å². The molecule has 0 amide bonds. The van der Waals surface area contributed by atoms with Crippen LogP contribution in [0.15, 0.2) is 12.3 Å². The van der Waals surface area contributed by atoms with Gasteiger partial charge in [0.1, 0.15) is 5.75 Å². The highest BCUT2D eigenvalue weighted by Gasteiger charge is 2.25. The number of ether oxygens (including phenoxy) is 1. The lowest BCUT2D eigenvalue weighted by atomic mass is 10.1. The third-order valence-electron chi connectivity index (χ3n) is 2.24. The summed E-state index contributed by atoms with van der Waals surface area (Å²) < 4.78 is 5.55. The number of rotatable bonds is 4. The Morgan fingerprint density at radius 1 is 1.67 bits per heavy atom. The molecule has 1 heterocycles. The standard InChI is InChI=1S/C10H12N2O3/c11-5-7-8(15-6-1-2-6)3-4-12-9(7)10(13)14/h3-4,6H,1-2,5,11H2,(H,13,14). The number of aromatic carboxylic acids is 1. The van der Waals surface area contributed by atoms with Crippen LogP contribution in [0.25, 0.3) is 0 Å². The predicted octanol–water partition coefficient (Wildman–Crippen LogP) is 0.780. The van der Waals surface area contributed by atoms with Crippen molar-refractivity contribution in [1.29, 1.82) is 0 Å². The molecule has 0 unspecified atom stereocenters. The number of nitrogens with two attached hydrogens (primary N) is 1. The van der Waals surface area contributed by atoms with E-state index in [1.807, 2.05) is 0 Å². The van der Waals surface area contributed by atoms with Crippen molar-refractivity contribution < 1.29 is 14.6 Å². The van der Waals surface area contributed by atoms with Crippen molar-refractivity contribution in [2.45, 2.75) is 25.5 Å². The Hall–Kier alpha value is -1.62. The maximum absolute atomic E-state index is 10.9. The van der Waals surface area contributed by atoms with Crippen molar-refractivity contribution in [3.63, 3.8) is 0 Å². The molecule has 80 valence electrons. The molecule has 5 heteroatoms. The summed E-state index contributed by atoms with van der Waals surface area (Å²) in [4.78, 5) is 14.6. The smallest absolute Gasteiger partial charge is 0.354 e. The van der Waals surface area contributed by atoms with Crippen LogP contribution in [0.1, 0.15) is 28.9 Å². The quantitative estimate of drug-likeness (QED) is 0.763. The number of carboxylic acid groups (broad SMARTS) is 1. The molecule has 1 aromatic rings. The Kier molecular flexibility index (Phi) is 2.55. The summed E-state index contributed by atoms with van der Waals surface area (Å²) in [5.41, 5.74) is 5.95. The van der Waals surface area contributed by atoms with E-state index in [0.717, 1.165) is 12.8 Å². The molecule has 0 aromatic carbocycles. The normalized spacial score (nSPS) is 15.0. The summed E-state index contributed by atoms with van der Waals surface area (Å²) in [5, 5.41) is 8.90. The SMILES string of the molecule is NCc1c(OC2CC2)ccnc1C(=O)O. The van der Waals surface area contributed by atoms with Gasteiger partial charge in [0.05, 0.1) is 6.10 Å². The zero-order valence-corrected chi connectivity index (χ0v) is 8.14. The Morgan fingerprint density at radius 3 is 2.93 bits per heavy atom. The van der Waals surface area contributed by atoms with Crippen molar-refractivity contribution in [1.82, 2.24) is 4.98 Å². The highest BCUT2D eigenvalue weighted by molar-refractivity contribution is 5.87. The molecule has 3 N–H and O–H groups in total. The minimum atomic E-state index is -1.07. The number of hydrogen-bond donors (Lipinski definition) is 2. The first-order valence-corrected chi connectivity index (χ1v) is 4.80. The van der Waals surface area contributed by atoms with Gasteiger partial charge in [-0.3, -0.25) is 0 Å². The van der Waals surface area contributed by atoms with Crippen molar-refractivity contribution in [3.8, 4) is 5.75 Å². The first-order chi connectivity index (χ1) is 7.22. The molecule has 5 nitrogen and oxygen atoms in total. The van der Waals surface area contributed by atoms with Crippen molar-refractivity contribution in [2.24, 2.45) is 5.73 Å². The van der Waals surface area contributed by atoms with Gasteiger partial charge in [0.25, 0.3) is 0 Å². The fourth-order valence-corrected chi connectivity index (χ4v) is 1.33. The molecule has 0 saturated heterocycles. The Bertz CT molecular complexity index is 388. The van der Waals surface area contributed by atoms with Gasteiger partial charge in [-0.05, 0) is 18.9 Å². The van der Waals surface area contributed by atoms with Gasteiger partial charge in [-0.2, -0.15) is 0 Å². The molecule has 0 bridgehead atoms. The topological polar surface area (TPSA) is 85.4 Å². The first kappa shape index (κ1) is 9.92. The van der Waals surface area contributed by atoms with E-state index in [1.165, 1.54) is 6.20 Å². The summed E-state index contributed by atoms with van der Waals surface area (Å²) in [6, 6.07) is 1.66. The van der Waals surface area contributed by atoms with Crippen molar-refractivity contribution in [3.05, 3.63) is 23.5 Å². The second-order valence-corrected chi connectivity index (χ2v) is 3.46. The van der Waals surface area contributed by atoms with Crippen LogP contribution in [0.2, 0.25) is 0 Å². The van der Waals surface area contributed by atoms with Crippen LogP contribution >= 0.6 is 0 Å². The van der Waals surface area contributed by atoms with E-state index in [4.69, 9.17) is 15.6 Å². The fourth-order valence-electron chi connectivity index (χ4n) is 1.33. The summed E-state index contributed by atoms with van der Waals surface area (Å²) >= 11 is 0. The molecule has 1 aliphatic carbocycles. The molecular formula is C10H12N2O3. The van der Waals surface area contributed by atoms with Gasteiger partial charge < -0.3 is 15.6 Å². The summed E-state index contributed by atoms with van der Waals surface area (Å²) in [5.74, 6) is -0.524. The predicted molar refractivity (Wildman–Crippen MR) is 52.7 cm³/mol. The number of carbonyl (C=O) groups is 1. The molecule has 0 aliphatic heterocycles. The van der Waals surface area contributed by atoms with Crippen molar-refractivity contribution >= 4 is 5.97 Å². The minimum absolute atomic E-state index is 0.0179. The van der Waals surface area contributed by atoms with Gasteiger partial charge in [-0.15, -0.1) is 0 Å². The second kappa shape index (κ2) is 3.86. The average Bonchev–Trinajstić information content (AvgIpc) is 3.01. The Labute approximate surface area is 86.9 Å². The van der Waals surface area contributed by atoms with E-state index in [9.17, 15) is 4.79 Å². The number of hydrogen-bond acceptors (Lipinski definition) is 4. The molecule has 1 aromatic heterocycles. The number of aromatic nitrogens is 1. The van der Waals surface area contributed by atoms with E-state index in [2.05, 4.69) is 4.98 Å². The van der Waals surface area contributed by atoms with Crippen LogP contribution in [-0.2, 0) is 6.54 Å². The van der Waals surface area contributed by atoms with Gasteiger partial charge in [-0.25, -0.2) is 9.78 Å². The monoisotopic (exact) mass is 208 g/mol. The number of nitrogens with zero attached hydrogens (tertiary/aromatic N) is 1. The van der Waals surface area contributed by atoms with E-state index in [1.54, 1.807) is 6.07 Å². The zero-order valence-electron chi connectivity index (χ0n) is 8.14. The Balaban J connectivity index is 2.34. The maximum atomic E-state index is 10.9. The molecule has 0 spiro atoms. The van der Waals surface area contributed by atoms with E-state index < -0.39 is 5.97 Å². The largest absolute Gasteiger partial charge is 0.490 e. The molecule has 15 heavy (non-hydrogen) atoms. The van der Waals surface area contributed by atoms with Crippen LogP contribution in [-0.4, -0.2) is 22.2 Å². The average molecular weight is 208 g/mol. The highest BCUT2D eigenvalue weighted by atomic mass is 16.5.